The smallest absolute Gasteiger partial charge is 0.160 e. The molecule has 1 aliphatic carbocycles. The van der Waals surface area contributed by atoms with Gasteiger partial charge in [0.05, 0.1) is 12.0 Å². The molecule has 25 heavy (non-hydrogen) atoms. The van der Waals surface area contributed by atoms with Crippen molar-refractivity contribution in [3.63, 3.8) is 0 Å². The van der Waals surface area contributed by atoms with Crippen molar-refractivity contribution < 1.29 is 0 Å². The van der Waals surface area contributed by atoms with Crippen molar-refractivity contribution in [3.05, 3.63) is 58.5 Å². The molecule has 0 saturated heterocycles. The first-order chi connectivity index (χ1) is 11.8. The molecule has 1 aliphatic heterocycles. The number of rotatable bonds is 4. The second-order valence-electron chi connectivity index (χ2n) is 7.36. The molecular weight excluding hydrogens is 306 g/mol. The third-order valence-corrected chi connectivity index (χ3v) is 4.58. The molecule has 1 heterocycles. The first kappa shape index (κ1) is 19.2. The zero-order valence-electron chi connectivity index (χ0n) is 16.7. The van der Waals surface area contributed by atoms with Crippen molar-refractivity contribution >= 4 is 12.2 Å². The molecule has 0 saturated carbocycles. The van der Waals surface area contributed by atoms with Crippen LogP contribution in [-0.2, 0) is 0 Å². The maximum atomic E-state index is 4.91. The molecule has 0 aromatic heterocycles. The number of amidine groups is 1. The summed E-state index contributed by atoms with van der Waals surface area (Å²) in [5.41, 5.74) is 6.57. The Morgan fingerprint density at radius 1 is 1.40 bits per heavy atom. The molecule has 0 N–H and O–H groups in total. The van der Waals surface area contributed by atoms with E-state index >= 15 is 0 Å². The minimum Gasteiger partial charge on any atom is -0.313 e. The van der Waals surface area contributed by atoms with Gasteiger partial charge >= 0.3 is 0 Å². The van der Waals surface area contributed by atoms with E-state index in [2.05, 4.69) is 83.2 Å². The lowest BCUT2D eigenvalue weighted by Crippen LogP contribution is -2.32. The predicted molar refractivity (Wildman–Crippen MR) is 110 cm³/mol. The summed E-state index contributed by atoms with van der Waals surface area (Å²) in [5, 5.41) is 0. The standard InChI is InChI=1S/C22H31N3/c1-9-19(20-11-10-16(6)12-17(20)7)18(8)24-22-21(14(2)3)23-13-25(22)15(4)5/h9,11-13,15-16H,8,10H2,1-7H3/b19-9-,24-22?. The van der Waals surface area contributed by atoms with E-state index in [4.69, 9.17) is 4.99 Å². The van der Waals surface area contributed by atoms with Crippen molar-refractivity contribution in [3.8, 4) is 0 Å². The van der Waals surface area contributed by atoms with Crippen LogP contribution < -0.4 is 0 Å². The largest absolute Gasteiger partial charge is 0.313 e. The Morgan fingerprint density at radius 3 is 2.60 bits per heavy atom. The van der Waals surface area contributed by atoms with Crippen molar-refractivity contribution in [1.82, 2.24) is 4.90 Å². The fraction of sp³-hybridized carbons (Fsp3) is 0.455. The number of aliphatic imine (C=N–C) groups is 2. The zero-order chi connectivity index (χ0) is 18.7. The third-order valence-electron chi connectivity index (χ3n) is 4.58. The SMILES string of the molecule is C=C(N=C1C(=C(C)C)N=CN1C(C)C)/C(=C/C)C1=CCC(C)C=C1C. The summed E-state index contributed by atoms with van der Waals surface area (Å²) >= 11 is 0. The summed E-state index contributed by atoms with van der Waals surface area (Å²) in [6, 6.07) is 0.303. The van der Waals surface area contributed by atoms with Crippen molar-refractivity contribution in [2.75, 3.05) is 0 Å². The van der Waals surface area contributed by atoms with Crippen LogP contribution in [0.25, 0.3) is 0 Å². The molecule has 1 unspecified atom stereocenters. The minimum absolute atomic E-state index is 0.303. The van der Waals surface area contributed by atoms with Crippen LogP contribution in [0.4, 0.5) is 0 Å². The van der Waals surface area contributed by atoms with E-state index in [1.807, 2.05) is 6.34 Å². The lowest BCUT2D eigenvalue weighted by atomic mass is 9.87. The van der Waals surface area contributed by atoms with Crippen LogP contribution >= 0.6 is 0 Å². The highest BCUT2D eigenvalue weighted by Crippen LogP contribution is 2.32. The van der Waals surface area contributed by atoms with Crippen LogP contribution in [0, 0.1) is 5.92 Å². The molecule has 0 radical (unpaired) electrons. The Hall–Kier alpha value is -2.16. The zero-order valence-corrected chi connectivity index (χ0v) is 16.7. The summed E-state index contributed by atoms with van der Waals surface area (Å²) in [4.78, 5) is 11.6. The van der Waals surface area contributed by atoms with Gasteiger partial charge in [-0.25, -0.2) is 9.98 Å². The number of hydrogen-bond donors (Lipinski definition) is 0. The Kier molecular flexibility index (Phi) is 5.99. The van der Waals surface area contributed by atoms with Gasteiger partial charge in [-0.3, -0.25) is 0 Å². The Labute approximate surface area is 152 Å². The molecule has 2 aliphatic rings. The first-order valence-electron chi connectivity index (χ1n) is 9.10. The Balaban J connectivity index is 2.40. The first-order valence-corrected chi connectivity index (χ1v) is 9.10. The average molecular weight is 338 g/mol. The monoisotopic (exact) mass is 337 g/mol. The highest BCUT2D eigenvalue weighted by molar-refractivity contribution is 6.10. The number of allylic oxidation sites excluding steroid dienone is 6. The Bertz CT molecular complexity index is 735. The number of hydrogen-bond acceptors (Lipinski definition) is 2. The van der Waals surface area contributed by atoms with Gasteiger partial charge in [0, 0.05) is 11.6 Å². The van der Waals surface area contributed by atoms with Gasteiger partial charge in [-0.1, -0.05) is 31.7 Å². The maximum absolute atomic E-state index is 4.91. The van der Waals surface area contributed by atoms with Crippen LogP contribution in [0.5, 0.6) is 0 Å². The van der Waals surface area contributed by atoms with Gasteiger partial charge in [-0.05, 0) is 70.6 Å². The van der Waals surface area contributed by atoms with E-state index in [1.165, 1.54) is 11.1 Å². The van der Waals surface area contributed by atoms with Gasteiger partial charge in [-0.15, -0.1) is 0 Å². The third kappa shape index (κ3) is 4.09. The summed E-state index contributed by atoms with van der Waals surface area (Å²) < 4.78 is 0. The van der Waals surface area contributed by atoms with E-state index < -0.39 is 0 Å². The molecule has 0 fully saturated rings. The fourth-order valence-corrected chi connectivity index (χ4v) is 3.23. The summed E-state index contributed by atoms with van der Waals surface area (Å²) in [5.74, 6) is 1.49. The highest BCUT2D eigenvalue weighted by Gasteiger charge is 2.25. The van der Waals surface area contributed by atoms with Gasteiger partial charge in [0.2, 0.25) is 0 Å². The quantitative estimate of drug-likeness (QED) is 0.595. The molecular formula is C22H31N3. The lowest BCUT2D eigenvalue weighted by Gasteiger charge is -2.23. The highest BCUT2D eigenvalue weighted by atomic mass is 15.3. The van der Waals surface area contributed by atoms with E-state index in [1.54, 1.807) is 0 Å². The topological polar surface area (TPSA) is 28.0 Å². The summed E-state index contributed by atoms with van der Waals surface area (Å²) in [6.45, 7) is 19.2. The van der Waals surface area contributed by atoms with Crippen LogP contribution in [0.2, 0.25) is 0 Å². The Morgan fingerprint density at radius 2 is 2.08 bits per heavy atom. The van der Waals surface area contributed by atoms with Crippen LogP contribution in [-0.4, -0.2) is 23.1 Å². The molecule has 0 bridgehead atoms. The van der Waals surface area contributed by atoms with Crippen LogP contribution in [0.1, 0.15) is 54.9 Å². The summed E-state index contributed by atoms with van der Waals surface area (Å²) in [7, 11) is 0. The second-order valence-corrected chi connectivity index (χ2v) is 7.36. The predicted octanol–water partition coefficient (Wildman–Crippen LogP) is 5.80. The van der Waals surface area contributed by atoms with Gasteiger partial charge in [0.25, 0.3) is 0 Å². The lowest BCUT2D eigenvalue weighted by molar-refractivity contribution is 0.520. The second kappa shape index (κ2) is 7.81. The van der Waals surface area contributed by atoms with Crippen LogP contribution in [0.15, 0.2) is 68.5 Å². The molecule has 0 spiro atoms. The average Bonchev–Trinajstić information content (AvgIpc) is 2.94. The molecule has 3 nitrogen and oxygen atoms in total. The normalized spacial score (nSPS) is 22.6. The summed E-state index contributed by atoms with van der Waals surface area (Å²) in [6.07, 6.45) is 9.70. The van der Waals surface area contributed by atoms with Crippen molar-refractivity contribution in [2.24, 2.45) is 15.9 Å². The molecule has 0 aromatic rings. The van der Waals surface area contributed by atoms with Crippen LogP contribution in [0.3, 0.4) is 0 Å². The van der Waals surface area contributed by atoms with Gasteiger partial charge < -0.3 is 4.90 Å². The van der Waals surface area contributed by atoms with Gasteiger partial charge in [0.1, 0.15) is 5.70 Å². The van der Waals surface area contributed by atoms with Gasteiger partial charge in [0.15, 0.2) is 5.84 Å². The molecule has 2 rings (SSSR count). The molecule has 1 atom stereocenters. The van der Waals surface area contributed by atoms with E-state index in [-0.39, 0.29) is 0 Å². The fourth-order valence-electron chi connectivity index (χ4n) is 3.23. The molecule has 0 amide bonds. The number of nitrogens with zero attached hydrogens (tertiary/aromatic N) is 3. The maximum Gasteiger partial charge on any atom is 0.160 e. The van der Waals surface area contributed by atoms with Crippen molar-refractivity contribution in [2.45, 2.75) is 60.9 Å². The van der Waals surface area contributed by atoms with E-state index in [0.717, 1.165) is 34.8 Å². The van der Waals surface area contributed by atoms with E-state index in [0.29, 0.717) is 12.0 Å². The van der Waals surface area contributed by atoms with E-state index in [9.17, 15) is 0 Å². The van der Waals surface area contributed by atoms with Gasteiger partial charge in [-0.2, -0.15) is 0 Å². The minimum atomic E-state index is 0.303. The molecule has 134 valence electrons. The molecule has 3 heteroatoms. The van der Waals surface area contributed by atoms with Crippen molar-refractivity contribution in [1.29, 1.82) is 0 Å². The molecule has 0 aromatic carbocycles.